The van der Waals surface area contributed by atoms with Crippen LogP contribution in [0.15, 0.2) is 68.6 Å². The third-order valence-electron chi connectivity index (χ3n) is 26.7. The van der Waals surface area contributed by atoms with Gasteiger partial charge in [-0.1, -0.05) is 31.2 Å². The molecule has 1 fully saturated rings. The lowest BCUT2D eigenvalue weighted by Gasteiger charge is -2.40. The first-order valence-electron chi connectivity index (χ1n) is 45.1. The number of amides is 9. The number of likely N-dealkylation sites (tertiary alicyclic amines) is 1. The first-order chi connectivity index (χ1) is 61.9. The van der Waals surface area contributed by atoms with Gasteiger partial charge in [-0.15, -0.1) is 0 Å². The van der Waals surface area contributed by atoms with Crippen molar-refractivity contribution in [1.29, 1.82) is 0 Å². The lowest BCUT2D eigenvalue weighted by atomic mass is 9.99. The largest absolute Gasteiger partial charge is 0.476 e. The first kappa shape index (κ1) is 88.6. The number of alkyl carbamates (subject to hydrolysis) is 1. The molecule has 5 aliphatic heterocycles. The van der Waals surface area contributed by atoms with E-state index in [2.05, 4.69) is 107 Å². The number of hydrogen-bond acceptors (Lipinski definition) is 24. The van der Waals surface area contributed by atoms with Crippen LogP contribution in [-0.2, 0) is 174 Å². The van der Waals surface area contributed by atoms with Gasteiger partial charge in [0.05, 0.1) is 76.3 Å². The van der Waals surface area contributed by atoms with Gasteiger partial charge in [0.25, 0.3) is 40.1 Å². The Morgan fingerprint density at radius 3 is 0.969 bits per heavy atom. The predicted molar refractivity (Wildman–Crippen MR) is 475 cm³/mol. The van der Waals surface area contributed by atoms with Crippen LogP contribution < -0.4 is 69.7 Å². The van der Waals surface area contributed by atoms with Crippen LogP contribution in [-0.4, -0.2) is 179 Å². The number of aryl methyl sites for hydroxylation is 8. The molecule has 1 saturated heterocycles. The maximum Gasteiger partial charge on any atom is 0.407 e. The quantitative estimate of drug-likeness (QED) is 0.0406. The van der Waals surface area contributed by atoms with E-state index < -0.39 is 75.9 Å². The summed E-state index contributed by atoms with van der Waals surface area (Å²) in [7, 11) is -14.8. The van der Waals surface area contributed by atoms with Gasteiger partial charge in [-0.2, -0.15) is 20.4 Å². The second kappa shape index (κ2) is 36.0. The van der Waals surface area contributed by atoms with Crippen LogP contribution >= 0.6 is 0 Å². The highest BCUT2D eigenvalue weighted by Crippen LogP contribution is 2.45. The van der Waals surface area contributed by atoms with E-state index in [0.717, 1.165) is 241 Å². The number of ether oxygens (including phenoxy) is 5. The fraction of sp³-hybridized carbons (Fsp3) is 0.534. The van der Waals surface area contributed by atoms with Crippen LogP contribution in [0.5, 0.6) is 23.5 Å². The summed E-state index contributed by atoms with van der Waals surface area (Å²) in [5.41, 5.74) is 21.9. The van der Waals surface area contributed by atoms with E-state index in [1.54, 1.807) is 30.1 Å². The molecule has 8 aromatic rings. The van der Waals surface area contributed by atoms with Crippen LogP contribution in [0.1, 0.15) is 181 Å². The zero-order chi connectivity index (χ0) is 90.0. The Balaban J connectivity index is 0.000000116. The zero-order valence-electron chi connectivity index (χ0n) is 73.1. The molecular weight excluding hydrogens is 1740 g/mol. The molecule has 0 spiro atoms. The standard InChI is InChI=1S/C25H33N5O6S.C22H27N5O4S.C21H26N4O4S.C20H25N5O4S/c1-25(2,3)36-24(32)26-11-15-13-30-22(35-14-15)20(12-27-30)37(33,34)29-23(31)28-21-18-8-4-6-16(18)10-17-7-5-9-19(17)21;28-22(24-20-17-6-1-4-14(17)10-15-5-2-7-18(15)20)25-32(29,30)19-11-23-27-12-16(13-31-21(19)27)26-8-3-9-26;1-2-13-11-25-20(29-12-13)18(10-22-25)30(27,28)24-21(26)23-19-16-7-3-5-14(16)9-15-6-4-8-17(15)19;1-21-14-10-25-19(29-11-14)17(9-22-25)30(27,28)24-20(26)23-18-15-6-2-4-12(15)8-13-5-3-7-16(13)18/h10,12,15H,4-9,11,13-14H2,1-3H3,(H,26,32)(H2,28,29,31);10-11,16H,1-9,12-13H2,(H2,24,25,28);9-10,13H,2-8,11-12H2,1H3,(H2,23,24,26);8-9,14,21H,2-7,10-11H2,1H3,(H2,23,24,26)/t;;13-;/m..1./s1. The third kappa shape index (κ3) is 18.5. The van der Waals surface area contributed by atoms with Crippen molar-refractivity contribution >= 4 is 93.1 Å². The van der Waals surface area contributed by atoms with Gasteiger partial charge in [-0.3, -0.25) is 4.90 Å². The lowest BCUT2D eigenvalue weighted by Crippen LogP contribution is -2.51. The van der Waals surface area contributed by atoms with Crippen molar-refractivity contribution in [3.63, 3.8) is 0 Å². The number of rotatable bonds is 17. The normalized spacial score (nSPS) is 19.8. The Morgan fingerprint density at radius 2 is 0.674 bits per heavy atom. The average Bonchev–Trinajstić information content (AvgIpc) is 1.65. The number of likely N-dealkylation sites (N-methyl/N-ethyl adjacent to an activating group) is 1. The molecule has 4 aromatic carbocycles. The SMILES string of the molecule is CC(C)(C)OC(=O)NCC1COc2c(S(=O)(=O)NC(=O)Nc3c4c(cc5c3CCC5)CCC4)cnn2C1.CC[C@H]1COc2c(S(=O)(=O)NC(=O)Nc3c4c(cc5c3CCC5)CCC4)cnn2C1.CNC1COc2c(S(=O)(=O)NC(=O)Nc3c4c(cc5c3CCC5)CCC4)cnn2C1.O=C(Nc1c2c(cc3c1CCC3)CCC2)NS(=O)(=O)c1cnn2c1OCC(N1CCC1)C2. The number of aromatic nitrogens is 8. The van der Waals surface area contributed by atoms with E-state index in [4.69, 9.17) is 23.7 Å². The summed E-state index contributed by atoms with van der Waals surface area (Å²) in [6, 6.07) is 6.25. The first-order valence-corrected chi connectivity index (χ1v) is 51.0. The highest BCUT2D eigenvalue weighted by Gasteiger charge is 2.40. The van der Waals surface area contributed by atoms with Crippen molar-refractivity contribution in [3.05, 3.63) is 138 Å². The zero-order valence-corrected chi connectivity index (χ0v) is 76.4. The molecule has 8 aliphatic carbocycles. The summed E-state index contributed by atoms with van der Waals surface area (Å²) >= 11 is 0. The molecule has 41 heteroatoms. The van der Waals surface area contributed by atoms with Crippen molar-refractivity contribution in [2.45, 2.75) is 258 Å². The van der Waals surface area contributed by atoms with Gasteiger partial charge in [0, 0.05) is 41.1 Å². The summed E-state index contributed by atoms with van der Waals surface area (Å²) in [4.78, 5) is 64.8. The minimum Gasteiger partial charge on any atom is -0.476 e. The molecular formula is C88H111N19O18S4. The van der Waals surface area contributed by atoms with Crippen LogP contribution in [0.25, 0.3) is 0 Å². The average molecular weight is 1850 g/mol. The molecule has 3 unspecified atom stereocenters. The van der Waals surface area contributed by atoms with Gasteiger partial charge in [0.15, 0.2) is 19.6 Å². The molecule has 0 saturated carbocycles. The summed E-state index contributed by atoms with van der Waals surface area (Å²) in [5, 5.41) is 33.8. The summed E-state index contributed by atoms with van der Waals surface area (Å²) in [6.07, 6.45) is 30.1. The predicted octanol–water partition coefficient (Wildman–Crippen LogP) is 8.88. The molecule has 129 heavy (non-hydrogen) atoms. The van der Waals surface area contributed by atoms with Crippen molar-refractivity contribution < 1.29 is 81.3 Å². The number of hydrogen-bond donors (Lipinski definition) is 10. The molecule has 9 heterocycles. The Morgan fingerprint density at radius 1 is 0.388 bits per heavy atom. The van der Waals surface area contributed by atoms with Crippen molar-refractivity contribution in [2.24, 2.45) is 11.8 Å². The topological polar surface area (TPSA) is 463 Å². The van der Waals surface area contributed by atoms with Crippen LogP contribution in [0, 0.1) is 11.8 Å². The van der Waals surface area contributed by atoms with E-state index in [-0.39, 0.29) is 74.3 Å². The number of benzene rings is 4. The van der Waals surface area contributed by atoms with Crippen molar-refractivity contribution in [3.8, 4) is 23.5 Å². The molecule has 37 nitrogen and oxygen atoms in total. The number of nitrogens with zero attached hydrogens (tertiary/aromatic N) is 9. The number of urea groups is 4. The van der Waals surface area contributed by atoms with Gasteiger partial charge < -0.3 is 55.6 Å². The molecule has 13 aliphatic rings. The van der Waals surface area contributed by atoms with Crippen LogP contribution in [0.2, 0.25) is 0 Å². The third-order valence-corrected chi connectivity index (χ3v) is 31.9. The molecule has 9 amide bonds. The Hall–Kier alpha value is -11.0. The summed E-state index contributed by atoms with van der Waals surface area (Å²) in [6.45, 7) is 13.1. The molecule has 4 aromatic heterocycles. The number of carbonyl (C=O) groups excluding carboxylic acids is 5. The van der Waals surface area contributed by atoms with Gasteiger partial charge in [-0.25, -0.2) is 95.3 Å². The smallest absolute Gasteiger partial charge is 0.407 e. The minimum absolute atomic E-state index is 0.0477. The van der Waals surface area contributed by atoms with E-state index in [9.17, 15) is 57.6 Å². The lowest BCUT2D eigenvalue weighted by molar-refractivity contribution is 0.0417. The maximum atomic E-state index is 13.1. The van der Waals surface area contributed by atoms with Gasteiger partial charge in [0.2, 0.25) is 23.5 Å². The van der Waals surface area contributed by atoms with Crippen molar-refractivity contribution in [1.82, 2.24) is 73.5 Å². The second-order valence-corrected chi connectivity index (χ2v) is 43.1. The van der Waals surface area contributed by atoms with E-state index in [1.165, 1.54) is 85.1 Å². The number of anilines is 4. The Kier molecular flexibility index (Phi) is 24.8. The summed E-state index contributed by atoms with van der Waals surface area (Å²) < 4.78 is 146. The molecule has 0 radical (unpaired) electrons. The molecule has 0 bridgehead atoms. The highest BCUT2D eigenvalue weighted by molar-refractivity contribution is 7.91. The Bertz CT molecular complexity index is 5980. The highest BCUT2D eigenvalue weighted by atomic mass is 32.2. The number of carbonyl (C=O) groups is 5. The molecule has 10 N–H and O–H groups in total. The number of fused-ring (bicyclic) bond motifs is 12. The molecule has 690 valence electrons. The fourth-order valence-corrected chi connectivity index (χ4v) is 24.2. The van der Waals surface area contributed by atoms with Crippen LogP contribution in [0.4, 0.5) is 46.7 Å². The molecule has 21 rings (SSSR count). The summed E-state index contributed by atoms with van der Waals surface area (Å²) in [5.74, 6) is 0.782. The van der Waals surface area contributed by atoms with E-state index in [0.29, 0.717) is 51.9 Å². The number of nitrogens with one attached hydrogen (secondary N) is 10. The van der Waals surface area contributed by atoms with Gasteiger partial charge in [-0.05, 0) is 297 Å². The van der Waals surface area contributed by atoms with Gasteiger partial charge >= 0.3 is 30.2 Å². The number of sulfonamides is 4. The van der Waals surface area contributed by atoms with E-state index >= 15 is 0 Å². The van der Waals surface area contributed by atoms with E-state index in [1.807, 2.05) is 7.05 Å². The monoisotopic (exact) mass is 1850 g/mol. The maximum absolute atomic E-state index is 13.1. The fourth-order valence-electron chi connectivity index (χ4n) is 20.3. The minimum atomic E-state index is -4.23. The Labute approximate surface area is 749 Å². The van der Waals surface area contributed by atoms with Crippen LogP contribution in [0.3, 0.4) is 0 Å². The van der Waals surface area contributed by atoms with Crippen molar-refractivity contribution in [2.75, 3.05) is 74.4 Å². The van der Waals surface area contributed by atoms with Gasteiger partial charge in [0.1, 0.15) is 18.8 Å². The molecule has 4 atom stereocenters. The second-order valence-electron chi connectivity index (χ2n) is 36.5.